The highest BCUT2D eigenvalue weighted by molar-refractivity contribution is 7.93. The minimum atomic E-state index is -3.67. The lowest BCUT2D eigenvalue weighted by molar-refractivity contribution is 0.587. The molecule has 2 aromatic carbocycles. The first-order valence-corrected chi connectivity index (χ1v) is 12.0. The lowest BCUT2D eigenvalue weighted by Gasteiger charge is -2.19. The molecule has 2 aromatic heterocycles. The van der Waals surface area contributed by atoms with E-state index in [4.69, 9.17) is 0 Å². The van der Waals surface area contributed by atoms with Gasteiger partial charge in [0.25, 0.3) is 10.0 Å². The summed E-state index contributed by atoms with van der Waals surface area (Å²) in [6.07, 6.45) is 0. The highest BCUT2D eigenvalue weighted by Gasteiger charge is 2.20. The fraction of sp³-hybridized carbons (Fsp3) is 0.190. The largest absolute Gasteiger partial charge is 0.270 e. The van der Waals surface area contributed by atoms with Crippen molar-refractivity contribution in [1.82, 2.24) is 4.98 Å². The van der Waals surface area contributed by atoms with Gasteiger partial charge >= 0.3 is 0 Å². The molecular weight excluding hydrogens is 408 g/mol. The molecule has 4 aromatic rings. The Hall–Kier alpha value is -2.22. The third kappa shape index (κ3) is 3.70. The highest BCUT2D eigenvalue weighted by Crippen LogP contribution is 2.38. The average Bonchev–Trinajstić information content (AvgIpc) is 3.26. The summed E-state index contributed by atoms with van der Waals surface area (Å²) in [5.41, 5.74) is 2.79. The van der Waals surface area contributed by atoms with Gasteiger partial charge in [0, 0.05) is 5.56 Å². The van der Waals surface area contributed by atoms with Gasteiger partial charge in [-0.1, -0.05) is 45.0 Å². The van der Waals surface area contributed by atoms with Crippen molar-refractivity contribution in [1.29, 1.82) is 0 Å². The van der Waals surface area contributed by atoms with Gasteiger partial charge in [0.15, 0.2) is 0 Å². The molecular formula is C21H20N2O2S3. The topological polar surface area (TPSA) is 59.1 Å². The van der Waals surface area contributed by atoms with E-state index in [2.05, 4.69) is 30.5 Å². The lowest BCUT2D eigenvalue weighted by Crippen LogP contribution is -2.14. The first-order chi connectivity index (χ1) is 13.2. The number of nitrogens with one attached hydrogen (secondary N) is 1. The quantitative estimate of drug-likeness (QED) is 0.426. The summed E-state index contributed by atoms with van der Waals surface area (Å²) in [7, 11) is -3.67. The number of hydrogen-bond acceptors (Lipinski definition) is 5. The molecule has 0 aliphatic rings. The summed E-state index contributed by atoms with van der Waals surface area (Å²) in [6.45, 7) is 6.31. The minimum Gasteiger partial charge on any atom is -0.270 e. The van der Waals surface area contributed by atoms with Crippen molar-refractivity contribution in [2.75, 3.05) is 4.72 Å². The Bertz CT molecular complexity index is 1200. The number of thiazole rings is 1. The molecule has 4 rings (SSSR count). The monoisotopic (exact) mass is 428 g/mol. The van der Waals surface area contributed by atoms with Crippen LogP contribution in [-0.4, -0.2) is 13.4 Å². The van der Waals surface area contributed by atoms with Crippen LogP contribution in [0.15, 0.2) is 64.9 Å². The SMILES string of the molecule is CC(C)(C)c1ccc(S(=O)(=O)Nc2sccc2-c2nc3ccccc3s2)cc1. The molecule has 28 heavy (non-hydrogen) atoms. The van der Waals surface area contributed by atoms with Gasteiger partial charge in [0.2, 0.25) is 0 Å². The van der Waals surface area contributed by atoms with Gasteiger partial charge in [-0.3, -0.25) is 4.72 Å². The molecule has 0 amide bonds. The summed E-state index contributed by atoms with van der Waals surface area (Å²) in [4.78, 5) is 4.90. The Morgan fingerprint density at radius 1 is 0.964 bits per heavy atom. The van der Waals surface area contributed by atoms with E-state index in [1.807, 2.05) is 47.8 Å². The van der Waals surface area contributed by atoms with Crippen LogP contribution in [0.3, 0.4) is 0 Å². The Labute approximate surface area is 172 Å². The van der Waals surface area contributed by atoms with Crippen molar-refractivity contribution < 1.29 is 8.42 Å². The van der Waals surface area contributed by atoms with Crippen molar-refractivity contribution in [3.8, 4) is 10.6 Å². The van der Waals surface area contributed by atoms with Gasteiger partial charge in [-0.2, -0.15) is 0 Å². The molecule has 0 aliphatic carbocycles. The molecule has 0 saturated carbocycles. The second-order valence-electron chi connectivity index (χ2n) is 7.53. The normalized spacial score (nSPS) is 12.4. The Morgan fingerprint density at radius 2 is 1.68 bits per heavy atom. The van der Waals surface area contributed by atoms with Crippen molar-refractivity contribution in [2.45, 2.75) is 31.1 Å². The van der Waals surface area contributed by atoms with Crippen LogP contribution in [0, 0.1) is 0 Å². The maximum Gasteiger partial charge on any atom is 0.262 e. The van der Waals surface area contributed by atoms with E-state index in [1.54, 1.807) is 23.5 Å². The maximum absolute atomic E-state index is 12.9. The molecule has 0 unspecified atom stereocenters. The predicted molar refractivity (Wildman–Crippen MR) is 119 cm³/mol. The van der Waals surface area contributed by atoms with Crippen LogP contribution in [0.5, 0.6) is 0 Å². The molecule has 0 saturated heterocycles. The van der Waals surface area contributed by atoms with E-state index in [0.717, 1.165) is 26.4 Å². The maximum atomic E-state index is 12.9. The molecule has 0 radical (unpaired) electrons. The van der Waals surface area contributed by atoms with Gasteiger partial charge in [0.05, 0.1) is 15.1 Å². The number of hydrogen-bond donors (Lipinski definition) is 1. The fourth-order valence-corrected chi connectivity index (χ4v) is 6.04. The molecule has 0 bridgehead atoms. The summed E-state index contributed by atoms with van der Waals surface area (Å²) in [6, 6.07) is 16.9. The number of thiophene rings is 1. The van der Waals surface area contributed by atoms with E-state index in [1.165, 1.54) is 11.3 Å². The number of rotatable bonds is 4. The summed E-state index contributed by atoms with van der Waals surface area (Å²) < 4.78 is 29.6. The molecule has 7 heteroatoms. The van der Waals surface area contributed by atoms with Crippen molar-refractivity contribution in [2.24, 2.45) is 0 Å². The number of fused-ring (bicyclic) bond motifs is 1. The van der Waals surface area contributed by atoms with Crippen molar-refractivity contribution in [3.63, 3.8) is 0 Å². The van der Waals surface area contributed by atoms with Crippen molar-refractivity contribution in [3.05, 3.63) is 65.5 Å². The number of sulfonamides is 1. The second-order valence-corrected chi connectivity index (χ2v) is 11.2. The molecule has 0 fully saturated rings. The molecule has 1 N–H and O–H groups in total. The van der Waals surface area contributed by atoms with Gasteiger partial charge < -0.3 is 0 Å². The minimum absolute atomic E-state index is 0.0243. The van der Waals surface area contributed by atoms with E-state index in [0.29, 0.717) is 5.00 Å². The summed E-state index contributed by atoms with van der Waals surface area (Å²) >= 11 is 2.92. The van der Waals surface area contributed by atoms with Crippen LogP contribution in [0.2, 0.25) is 0 Å². The third-order valence-corrected chi connectivity index (χ3v) is 7.84. The third-order valence-electron chi connectivity index (χ3n) is 4.45. The van der Waals surface area contributed by atoms with Crippen LogP contribution in [0.25, 0.3) is 20.8 Å². The van der Waals surface area contributed by atoms with Crippen LogP contribution >= 0.6 is 22.7 Å². The average molecular weight is 429 g/mol. The van der Waals surface area contributed by atoms with Gasteiger partial charge in [-0.05, 0) is 46.7 Å². The highest BCUT2D eigenvalue weighted by atomic mass is 32.2. The zero-order valence-corrected chi connectivity index (χ0v) is 18.2. The summed E-state index contributed by atoms with van der Waals surface area (Å²) in [5, 5.41) is 3.27. The van der Waals surface area contributed by atoms with E-state index in [9.17, 15) is 8.42 Å². The van der Waals surface area contributed by atoms with E-state index in [-0.39, 0.29) is 10.3 Å². The van der Waals surface area contributed by atoms with Crippen LogP contribution in [-0.2, 0) is 15.4 Å². The Morgan fingerprint density at radius 3 is 2.36 bits per heavy atom. The lowest BCUT2D eigenvalue weighted by atomic mass is 9.87. The second kappa shape index (κ2) is 6.99. The number of nitrogens with zero attached hydrogens (tertiary/aromatic N) is 1. The van der Waals surface area contributed by atoms with Crippen LogP contribution < -0.4 is 4.72 Å². The zero-order valence-electron chi connectivity index (χ0n) is 15.8. The fourth-order valence-electron chi connectivity index (χ4n) is 2.86. The number of aromatic nitrogens is 1. The Kier molecular flexibility index (Phi) is 4.77. The predicted octanol–water partition coefficient (Wildman–Crippen LogP) is 6.12. The standard InChI is InChI=1S/C21H20N2O2S3/c1-21(2,3)14-8-10-15(11-9-14)28(24,25)23-20-16(12-13-26-20)19-22-17-6-4-5-7-18(17)27-19/h4-13,23H,1-3H3. The molecule has 4 nitrogen and oxygen atoms in total. The number of benzene rings is 2. The van der Waals surface area contributed by atoms with E-state index >= 15 is 0 Å². The molecule has 2 heterocycles. The first-order valence-electron chi connectivity index (χ1n) is 8.81. The van der Waals surface area contributed by atoms with Gasteiger partial charge in [-0.25, -0.2) is 13.4 Å². The number of para-hydroxylation sites is 1. The van der Waals surface area contributed by atoms with Crippen LogP contribution in [0.1, 0.15) is 26.3 Å². The van der Waals surface area contributed by atoms with Crippen LogP contribution in [0.4, 0.5) is 5.00 Å². The molecule has 144 valence electrons. The first kappa shape index (κ1) is 19.1. The van der Waals surface area contributed by atoms with Crippen molar-refractivity contribution >= 4 is 47.9 Å². The Balaban J connectivity index is 1.65. The van der Waals surface area contributed by atoms with Gasteiger partial charge in [0.1, 0.15) is 10.0 Å². The number of anilines is 1. The molecule has 0 atom stereocenters. The van der Waals surface area contributed by atoms with Gasteiger partial charge in [-0.15, -0.1) is 22.7 Å². The summed E-state index contributed by atoms with van der Waals surface area (Å²) in [5.74, 6) is 0. The smallest absolute Gasteiger partial charge is 0.262 e. The molecule has 0 spiro atoms. The molecule has 0 aliphatic heterocycles. The zero-order chi connectivity index (χ0) is 19.9. The van der Waals surface area contributed by atoms with E-state index < -0.39 is 10.0 Å².